The second-order valence-electron chi connectivity index (χ2n) is 7.11. The van der Waals surface area contributed by atoms with E-state index in [0.717, 1.165) is 30.8 Å². The molecule has 1 aromatic rings. The van der Waals surface area contributed by atoms with E-state index in [1.165, 1.54) is 5.01 Å². The molecule has 2 aliphatic rings. The van der Waals surface area contributed by atoms with Crippen LogP contribution in [0.3, 0.4) is 0 Å². The number of piperidine rings is 1. The molecule has 1 aromatic carbocycles. The Morgan fingerprint density at radius 3 is 2.46 bits per heavy atom. The molecule has 2 aliphatic heterocycles. The Labute approximate surface area is 143 Å². The van der Waals surface area contributed by atoms with Crippen LogP contribution in [0, 0.1) is 11.8 Å². The number of hydrogen-bond donors (Lipinski definition) is 0. The number of benzene rings is 1. The fraction of sp³-hybridized carbons (Fsp3) is 0.526. The van der Waals surface area contributed by atoms with E-state index in [4.69, 9.17) is 0 Å². The van der Waals surface area contributed by atoms with Gasteiger partial charge >= 0.3 is 0 Å². The first-order valence-corrected chi connectivity index (χ1v) is 8.74. The molecule has 0 spiro atoms. The SMILES string of the molecule is CC1CC(C)CN(C(=O)CN2N=C(c3ccccc3)CCC2=O)C1. The summed E-state index contributed by atoms with van der Waals surface area (Å²) in [7, 11) is 0. The Balaban J connectivity index is 1.70. The molecule has 3 rings (SSSR count). The van der Waals surface area contributed by atoms with Crippen molar-refractivity contribution in [2.24, 2.45) is 16.9 Å². The Morgan fingerprint density at radius 2 is 1.79 bits per heavy atom. The van der Waals surface area contributed by atoms with E-state index in [2.05, 4.69) is 18.9 Å². The van der Waals surface area contributed by atoms with Gasteiger partial charge in [0.25, 0.3) is 0 Å². The lowest BCUT2D eigenvalue weighted by atomic mass is 9.92. The van der Waals surface area contributed by atoms with Crippen LogP contribution < -0.4 is 0 Å². The van der Waals surface area contributed by atoms with Crippen molar-refractivity contribution in [3.63, 3.8) is 0 Å². The first kappa shape index (κ1) is 16.7. The van der Waals surface area contributed by atoms with Crippen molar-refractivity contribution in [2.75, 3.05) is 19.6 Å². The second-order valence-corrected chi connectivity index (χ2v) is 7.11. The molecule has 5 heteroatoms. The summed E-state index contributed by atoms with van der Waals surface area (Å²) in [4.78, 5) is 26.7. The molecule has 0 aliphatic carbocycles. The molecule has 128 valence electrons. The normalized spacial score (nSPS) is 24.8. The topological polar surface area (TPSA) is 53.0 Å². The smallest absolute Gasteiger partial charge is 0.244 e. The van der Waals surface area contributed by atoms with Crippen molar-refractivity contribution in [3.05, 3.63) is 35.9 Å². The van der Waals surface area contributed by atoms with Crippen molar-refractivity contribution < 1.29 is 9.59 Å². The van der Waals surface area contributed by atoms with Crippen LogP contribution in [0.5, 0.6) is 0 Å². The molecule has 2 unspecified atom stereocenters. The van der Waals surface area contributed by atoms with Crippen molar-refractivity contribution in [2.45, 2.75) is 33.1 Å². The number of nitrogens with zero attached hydrogens (tertiary/aromatic N) is 3. The Kier molecular flexibility index (Phi) is 4.97. The summed E-state index contributed by atoms with van der Waals surface area (Å²) in [5, 5.41) is 5.82. The maximum atomic E-state index is 12.6. The molecule has 1 fully saturated rings. The summed E-state index contributed by atoms with van der Waals surface area (Å²) >= 11 is 0. The Hall–Kier alpha value is -2.17. The third kappa shape index (κ3) is 3.83. The minimum Gasteiger partial charge on any atom is -0.341 e. The van der Waals surface area contributed by atoms with E-state index in [0.29, 0.717) is 24.7 Å². The van der Waals surface area contributed by atoms with Gasteiger partial charge in [-0.2, -0.15) is 5.10 Å². The van der Waals surface area contributed by atoms with Gasteiger partial charge in [-0.3, -0.25) is 9.59 Å². The van der Waals surface area contributed by atoms with Gasteiger partial charge in [0.1, 0.15) is 6.54 Å². The van der Waals surface area contributed by atoms with Gasteiger partial charge in [0, 0.05) is 25.9 Å². The van der Waals surface area contributed by atoms with Crippen LogP contribution in [0.4, 0.5) is 0 Å². The highest BCUT2D eigenvalue weighted by Gasteiger charge is 2.29. The molecule has 0 N–H and O–H groups in total. The fourth-order valence-electron chi connectivity index (χ4n) is 3.66. The minimum atomic E-state index is -0.0684. The van der Waals surface area contributed by atoms with Crippen LogP contribution in [0.15, 0.2) is 35.4 Å². The first-order valence-electron chi connectivity index (χ1n) is 8.74. The first-order chi connectivity index (χ1) is 11.5. The minimum absolute atomic E-state index is 0.000174. The maximum absolute atomic E-state index is 12.6. The van der Waals surface area contributed by atoms with Gasteiger partial charge in [-0.15, -0.1) is 0 Å². The predicted octanol–water partition coefficient (Wildman–Crippen LogP) is 2.52. The lowest BCUT2D eigenvalue weighted by Crippen LogP contribution is -2.47. The van der Waals surface area contributed by atoms with Gasteiger partial charge in [0.15, 0.2) is 0 Å². The fourth-order valence-corrected chi connectivity index (χ4v) is 3.66. The Morgan fingerprint density at radius 1 is 1.12 bits per heavy atom. The van der Waals surface area contributed by atoms with Crippen LogP contribution in [-0.4, -0.2) is 47.1 Å². The van der Waals surface area contributed by atoms with Crippen molar-refractivity contribution in [3.8, 4) is 0 Å². The zero-order valence-corrected chi connectivity index (χ0v) is 14.4. The third-order valence-electron chi connectivity index (χ3n) is 4.72. The summed E-state index contributed by atoms with van der Waals surface area (Å²) in [5.41, 5.74) is 1.89. The quantitative estimate of drug-likeness (QED) is 0.856. The number of amides is 2. The molecule has 5 nitrogen and oxygen atoms in total. The Bertz CT molecular complexity index is 631. The van der Waals surface area contributed by atoms with Crippen molar-refractivity contribution in [1.82, 2.24) is 9.91 Å². The predicted molar refractivity (Wildman–Crippen MR) is 93.5 cm³/mol. The highest BCUT2D eigenvalue weighted by atomic mass is 16.2. The van der Waals surface area contributed by atoms with E-state index < -0.39 is 0 Å². The molecular weight excluding hydrogens is 302 g/mol. The van der Waals surface area contributed by atoms with E-state index >= 15 is 0 Å². The molecule has 2 amide bonds. The molecule has 2 heterocycles. The third-order valence-corrected chi connectivity index (χ3v) is 4.72. The number of hydrazone groups is 1. The van der Waals surface area contributed by atoms with Crippen LogP contribution >= 0.6 is 0 Å². The van der Waals surface area contributed by atoms with Gasteiger partial charge in [-0.25, -0.2) is 5.01 Å². The van der Waals surface area contributed by atoms with Gasteiger partial charge in [0.05, 0.1) is 5.71 Å². The highest BCUT2D eigenvalue weighted by Crippen LogP contribution is 2.22. The lowest BCUT2D eigenvalue weighted by molar-refractivity contribution is -0.142. The molecule has 0 aromatic heterocycles. The summed E-state index contributed by atoms with van der Waals surface area (Å²) < 4.78 is 0. The summed E-state index contributed by atoms with van der Waals surface area (Å²) in [5.74, 6) is 0.956. The molecular formula is C19H25N3O2. The van der Waals surface area contributed by atoms with Crippen molar-refractivity contribution in [1.29, 1.82) is 0 Å². The van der Waals surface area contributed by atoms with Crippen LogP contribution in [-0.2, 0) is 9.59 Å². The monoisotopic (exact) mass is 327 g/mol. The number of likely N-dealkylation sites (tertiary alicyclic amines) is 1. The summed E-state index contributed by atoms with van der Waals surface area (Å²) in [6, 6.07) is 9.85. The molecule has 2 atom stereocenters. The average Bonchev–Trinajstić information content (AvgIpc) is 2.56. The van der Waals surface area contributed by atoms with Gasteiger partial charge in [-0.05, 0) is 23.8 Å². The molecule has 24 heavy (non-hydrogen) atoms. The van der Waals surface area contributed by atoms with E-state index in [-0.39, 0.29) is 18.4 Å². The van der Waals surface area contributed by atoms with E-state index in [9.17, 15) is 9.59 Å². The number of rotatable bonds is 3. The standard InChI is InChI=1S/C19H25N3O2/c1-14-10-15(2)12-21(11-14)19(24)13-22-18(23)9-8-17(20-22)16-6-4-3-5-7-16/h3-7,14-15H,8-13H2,1-2H3. The molecule has 0 radical (unpaired) electrons. The maximum Gasteiger partial charge on any atom is 0.244 e. The largest absolute Gasteiger partial charge is 0.341 e. The zero-order chi connectivity index (χ0) is 17.1. The van der Waals surface area contributed by atoms with Crippen molar-refractivity contribution >= 4 is 17.5 Å². The second kappa shape index (κ2) is 7.16. The van der Waals surface area contributed by atoms with Crippen LogP contribution in [0.25, 0.3) is 0 Å². The number of hydrogen-bond acceptors (Lipinski definition) is 3. The summed E-state index contributed by atoms with van der Waals surface area (Å²) in [6.45, 7) is 5.96. The average molecular weight is 327 g/mol. The van der Waals surface area contributed by atoms with Gasteiger partial charge < -0.3 is 4.90 Å². The molecule has 0 saturated carbocycles. The molecule has 0 bridgehead atoms. The van der Waals surface area contributed by atoms with Crippen LogP contribution in [0.2, 0.25) is 0 Å². The number of carbonyl (C=O) groups excluding carboxylic acids is 2. The summed E-state index contributed by atoms with van der Waals surface area (Å²) in [6.07, 6.45) is 2.20. The number of carbonyl (C=O) groups is 2. The zero-order valence-electron chi connectivity index (χ0n) is 14.4. The molecule has 1 saturated heterocycles. The lowest BCUT2D eigenvalue weighted by Gasteiger charge is -2.36. The van der Waals surface area contributed by atoms with Gasteiger partial charge in [0.2, 0.25) is 11.8 Å². The van der Waals surface area contributed by atoms with E-state index in [1.54, 1.807) is 0 Å². The van der Waals surface area contributed by atoms with Gasteiger partial charge in [-0.1, -0.05) is 44.2 Å². The highest BCUT2D eigenvalue weighted by molar-refractivity contribution is 6.04. The van der Waals surface area contributed by atoms with Crippen LogP contribution in [0.1, 0.15) is 38.7 Å². The van der Waals surface area contributed by atoms with E-state index in [1.807, 2.05) is 35.2 Å².